The maximum absolute atomic E-state index is 12.6. The van der Waals surface area contributed by atoms with Crippen LogP contribution in [0, 0.1) is 6.92 Å². The molecule has 122 valence electrons. The van der Waals surface area contributed by atoms with Crippen LogP contribution in [0.15, 0.2) is 23.1 Å². The van der Waals surface area contributed by atoms with Crippen molar-refractivity contribution in [1.82, 2.24) is 4.72 Å². The molecular formula is C15H20ClNO4S. The van der Waals surface area contributed by atoms with Crippen LogP contribution in [0.2, 0.25) is 5.02 Å². The lowest BCUT2D eigenvalue weighted by Gasteiger charge is -2.38. The van der Waals surface area contributed by atoms with E-state index >= 15 is 0 Å². The van der Waals surface area contributed by atoms with Crippen LogP contribution in [0.3, 0.4) is 0 Å². The van der Waals surface area contributed by atoms with Crippen molar-refractivity contribution in [2.75, 3.05) is 13.2 Å². The van der Waals surface area contributed by atoms with Gasteiger partial charge in [0.05, 0.1) is 30.3 Å². The predicted octanol–water partition coefficient (Wildman–Crippen LogP) is 2.26. The smallest absolute Gasteiger partial charge is 0.241 e. The molecule has 0 spiro atoms. The highest BCUT2D eigenvalue weighted by Crippen LogP contribution is 2.29. The first-order valence-electron chi connectivity index (χ1n) is 7.48. The Morgan fingerprint density at radius 3 is 2.68 bits per heavy atom. The van der Waals surface area contributed by atoms with Crippen LogP contribution >= 0.6 is 11.6 Å². The van der Waals surface area contributed by atoms with Crippen LogP contribution in [0.25, 0.3) is 0 Å². The molecule has 0 amide bonds. The summed E-state index contributed by atoms with van der Waals surface area (Å²) < 4.78 is 39.3. The van der Waals surface area contributed by atoms with Crippen LogP contribution in [0.5, 0.6) is 0 Å². The number of sulfonamides is 1. The van der Waals surface area contributed by atoms with E-state index < -0.39 is 10.0 Å². The largest absolute Gasteiger partial charge is 0.373 e. The summed E-state index contributed by atoms with van der Waals surface area (Å²) in [7, 11) is -3.58. The summed E-state index contributed by atoms with van der Waals surface area (Å²) in [6.45, 7) is 2.92. The molecule has 1 aliphatic heterocycles. The molecule has 1 aromatic rings. The monoisotopic (exact) mass is 345 g/mol. The molecule has 1 N–H and O–H groups in total. The first-order chi connectivity index (χ1) is 10.5. The van der Waals surface area contributed by atoms with Crippen LogP contribution < -0.4 is 4.72 Å². The second kappa shape index (κ2) is 6.45. The lowest BCUT2D eigenvalue weighted by molar-refractivity contribution is -0.156. The van der Waals surface area contributed by atoms with Gasteiger partial charge in [-0.2, -0.15) is 0 Å². The highest BCUT2D eigenvalue weighted by molar-refractivity contribution is 7.89. The van der Waals surface area contributed by atoms with Crippen LogP contribution in [-0.4, -0.2) is 39.9 Å². The fraction of sp³-hybridized carbons (Fsp3) is 0.600. The van der Waals surface area contributed by atoms with E-state index in [9.17, 15) is 8.42 Å². The quantitative estimate of drug-likeness (QED) is 0.912. The average Bonchev–Trinajstić information content (AvgIpc) is 2.49. The minimum atomic E-state index is -3.58. The average molecular weight is 346 g/mol. The number of nitrogens with one attached hydrogen (secondary N) is 1. The first kappa shape index (κ1) is 16.2. The van der Waals surface area contributed by atoms with Crippen LogP contribution in [0.4, 0.5) is 0 Å². The summed E-state index contributed by atoms with van der Waals surface area (Å²) >= 11 is 6.03. The number of fused-ring (bicyclic) bond motifs is 1. The zero-order valence-electron chi connectivity index (χ0n) is 12.4. The topological polar surface area (TPSA) is 64.6 Å². The van der Waals surface area contributed by atoms with Crippen molar-refractivity contribution in [3.63, 3.8) is 0 Å². The fourth-order valence-electron chi connectivity index (χ4n) is 3.14. The first-order valence-corrected chi connectivity index (χ1v) is 9.34. The Bertz CT molecular complexity index is 649. The molecule has 3 rings (SSSR count). The van der Waals surface area contributed by atoms with Gasteiger partial charge in [-0.25, -0.2) is 13.1 Å². The van der Waals surface area contributed by atoms with Gasteiger partial charge in [0.25, 0.3) is 0 Å². The molecule has 3 unspecified atom stereocenters. The second-order valence-electron chi connectivity index (χ2n) is 5.81. The molecule has 5 nitrogen and oxygen atoms in total. The van der Waals surface area contributed by atoms with Gasteiger partial charge in [-0.15, -0.1) is 0 Å². The highest BCUT2D eigenvalue weighted by Gasteiger charge is 2.36. The predicted molar refractivity (Wildman–Crippen MR) is 83.6 cm³/mol. The Morgan fingerprint density at radius 2 is 1.91 bits per heavy atom. The Labute approximate surface area is 136 Å². The van der Waals surface area contributed by atoms with E-state index in [1.807, 2.05) is 0 Å². The molecule has 22 heavy (non-hydrogen) atoms. The van der Waals surface area contributed by atoms with Crippen molar-refractivity contribution in [1.29, 1.82) is 0 Å². The summed E-state index contributed by atoms with van der Waals surface area (Å²) in [5, 5.41) is 0.454. The Hall–Kier alpha value is -0.660. The molecule has 7 heteroatoms. The van der Waals surface area contributed by atoms with E-state index in [-0.39, 0.29) is 23.1 Å². The Morgan fingerprint density at radius 1 is 1.18 bits per heavy atom. The molecule has 1 saturated carbocycles. The van der Waals surface area contributed by atoms with Crippen molar-refractivity contribution in [3.8, 4) is 0 Å². The molecule has 2 fully saturated rings. The van der Waals surface area contributed by atoms with E-state index in [1.165, 1.54) is 0 Å². The van der Waals surface area contributed by atoms with Crippen molar-refractivity contribution in [2.45, 2.75) is 49.3 Å². The maximum Gasteiger partial charge on any atom is 0.241 e. The van der Waals surface area contributed by atoms with E-state index in [0.29, 0.717) is 30.2 Å². The highest BCUT2D eigenvalue weighted by atomic mass is 35.5. The van der Waals surface area contributed by atoms with Crippen LogP contribution in [-0.2, 0) is 19.5 Å². The number of rotatable bonds is 3. The van der Waals surface area contributed by atoms with Crippen molar-refractivity contribution >= 4 is 21.6 Å². The van der Waals surface area contributed by atoms with Gasteiger partial charge in [0.15, 0.2) is 0 Å². The molecule has 3 atom stereocenters. The fourth-order valence-corrected chi connectivity index (χ4v) is 4.92. The number of ether oxygens (including phenoxy) is 2. The zero-order valence-corrected chi connectivity index (χ0v) is 14.0. The van der Waals surface area contributed by atoms with Gasteiger partial charge in [0.2, 0.25) is 10.0 Å². The SMILES string of the molecule is Cc1c(Cl)cccc1S(=O)(=O)NC1CCC2OCCOC2C1. The standard InChI is InChI=1S/C15H20ClNO4S/c1-10-12(16)3-2-4-15(10)22(18,19)17-11-5-6-13-14(9-11)21-8-7-20-13/h2-4,11,13-14,17H,5-9H2,1H3. The number of benzene rings is 1. The molecule has 1 saturated heterocycles. The van der Waals surface area contributed by atoms with Gasteiger partial charge in [0, 0.05) is 11.1 Å². The molecule has 2 aliphatic rings. The number of hydrogen-bond acceptors (Lipinski definition) is 4. The molecule has 0 aromatic heterocycles. The maximum atomic E-state index is 12.6. The molecule has 0 radical (unpaired) electrons. The third-order valence-electron chi connectivity index (χ3n) is 4.31. The minimum Gasteiger partial charge on any atom is -0.373 e. The molecule has 1 aliphatic carbocycles. The van der Waals surface area contributed by atoms with E-state index in [4.69, 9.17) is 21.1 Å². The normalized spacial score (nSPS) is 29.1. The van der Waals surface area contributed by atoms with Gasteiger partial charge in [-0.1, -0.05) is 17.7 Å². The second-order valence-corrected chi connectivity index (χ2v) is 7.90. The Balaban J connectivity index is 1.73. The third kappa shape index (κ3) is 3.31. The van der Waals surface area contributed by atoms with Gasteiger partial charge < -0.3 is 9.47 Å². The van der Waals surface area contributed by atoms with E-state index in [1.54, 1.807) is 25.1 Å². The van der Waals surface area contributed by atoms with Gasteiger partial charge in [-0.05, 0) is 43.9 Å². The summed E-state index contributed by atoms with van der Waals surface area (Å²) in [6.07, 6.45) is 2.29. The summed E-state index contributed by atoms with van der Waals surface area (Å²) in [4.78, 5) is 0.239. The molecule has 1 aromatic carbocycles. The van der Waals surface area contributed by atoms with E-state index in [2.05, 4.69) is 4.72 Å². The van der Waals surface area contributed by atoms with Crippen molar-refractivity contribution in [2.24, 2.45) is 0 Å². The van der Waals surface area contributed by atoms with Gasteiger partial charge in [-0.3, -0.25) is 0 Å². The molecular weight excluding hydrogens is 326 g/mol. The van der Waals surface area contributed by atoms with Gasteiger partial charge >= 0.3 is 0 Å². The molecule has 1 heterocycles. The van der Waals surface area contributed by atoms with Crippen LogP contribution in [0.1, 0.15) is 24.8 Å². The number of halogens is 1. The number of hydrogen-bond donors (Lipinski definition) is 1. The lowest BCUT2D eigenvalue weighted by atomic mass is 9.90. The Kier molecular flexibility index (Phi) is 4.75. The third-order valence-corrected chi connectivity index (χ3v) is 6.38. The summed E-state index contributed by atoms with van der Waals surface area (Å²) in [5.74, 6) is 0. The minimum absolute atomic E-state index is 0.0179. The van der Waals surface area contributed by atoms with Crippen molar-refractivity contribution in [3.05, 3.63) is 28.8 Å². The summed E-state index contributed by atoms with van der Waals surface area (Å²) in [6, 6.07) is 4.79. The zero-order chi connectivity index (χ0) is 15.7. The van der Waals surface area contributed by atoms with Crippen molar-refractivity contribution < 1.29 is 17.9 Å². The van der Waals surface area contributed by atoms with E-state index in [0.717, 1.165) is 12.8 Å². The lowest BCUT2D eigenvalue weighted by Crippen LogP contribution is -2.49. The van der Waals surface area contributed by atoms with Gasteiger partial charge in [0.1, 0.15) is 0 Å². The molecule has 0 bridgehead atoms. The summed E-state index contributed by atoms with van der Waals surface area (Å²) in [5.41, 5.74) is 0.572.